The molecule has 0 aliphatic carbocycles. The number of anilines is 5. The molecule has 0 radical (unpaired) electrons. The molecule has 37 heavy (non-hydrogen) atoms. The van der Waals surface area contributed by atoms with E-state index in [1.165, 1.54) is 38.4 Å². The Morgan fingerprint density at radius 1 is 0.622 bits per heavy atom. The second kappa shape index (κ2) is 10.5. The molecule has 0 atom stereocenters. The third-order valence-electron chi connectivity index (χ3n) is 6.70. The standard InChI is InChI=1S/C33H29N3S/c1-2-34-30-22-14-15-23-31(30)37-33(34)25-11-5-10-24-32-35(26-16-6-3-7-17-26)28-20-12-13-21-29(28)36(32)27-18-8-4-9-19-27/h3-25,32H,2H2,1H3/b11-5+,24-10+,33-25-. The molecule has 0 fully saturated rings. The summed E-state index contributed by atoms with van der Waals surface area (Å²) in [6.45, 7) is 3.16. The molecular weight excluding hydrogens is 470 g/mol. The van der Waals surface area contributed by atoms with Gasteiger partial charge in [-0.2, -0.15) is 0 Å². The van der Waals surface area contributed by atoms with Crippen molar-refractivity contribution in [1.82, 2.24) is 0 Å². The molecule has 182 valence electrons. The van der Waals surface area contributed by atoms with Gasteiger partial charge < -0.3 is 14.7 Å². The molecule has 4 aromatic rings. The summed E-state index contributed by atoms with van der Waals surface area (Å²) in [6.07, 6.45) is 11.0. The van der Waals surface area contributed by atoms with Crippen molar-refractivity contribution in [2.45, 2.75) is 18.0 Å². The summed E-state index contributed by atoms with van der Waals surface area (Å²) in [5.74, 6) is 0. The first kappa shape index (κ1) is 23.3. The molecule has 2 aliphatic heterocycles. The first-order chi connectivity index (χ1) is 18.3. The number of allylic oxidation sites excluding steroid dienone is 4. The molecule has 2 heterocycles. The van der Waals surface area contributed by atoms with Crippen molar-refractivity contribution in [3.8, 4) is 0 Å². The van der Waals surface area contributed by atoms with Gasteiger partial charge in [-0.3, -0.25) is 0 Å². The Kier molecular flexibility index (Phi) is 6.57. The minimum atomic E-state index is 0.0109. The molecule has 0 bridgehead atoms. The Hall–Kier alpha value is -4.15. The van der Waals surface area contributed by atoms with Crippen molar-refractivity contribution in [3.63, 3.8) is 0 Å². The highest BCUT2D eigenvalue weighted by molar-refractivity contribution is 8.03. The van der Waals surface area contributed by atoms with Crippen LogP contribution >= 0.6 is 11.8 Å². The van der Waals surface area contributed by atoms with E-state index in [-0.39, 0.29) is 6.17 Å². The second-order valence-electron chi connectivity index (χ2n) is 8.90. The number of benzene rings is 4. The van der Waals surface area contributed by atoms with E-state index >= 15 is 0 Å². The van der Waals surface area contributed by atoms with Crippen LogP contribution in [0.5, 0.6) is 0 Å². The van der Waals surface area contributed by atoms with E-state index in [1.54, 1.807) is 0 Å². The van der Waals surface area contributed by atoms with Crippen LogP contribution in [0.25, 0.3) is 0 Å². The maximum atomic E-state index is 2.41. The molecule has 0 saturated carbocycles. The highest BCUT2D eigenvalue weighted by Crippen LogP contribution is 2.48. The summed E-state index contributed by atoms with van der Waals surface area (Å²) in [5, 5.41) is 1.26. The molecule has 0 amide bonds. The first-order valence-electron chi connectivity index (χ1n) is 12.7. The predicted molar refractivity (Wildman–Crippen MR) is 159 cm³/mol. The molecule has 0 aromatic heterocycles. The maximum Gasteiger partial charge on any atom is 0.130 e. The SMILES string of the molecule is CCN1/C(=C/C=C/C=C/C2N(c3ccccc3)c3ccccc3N2c2ccccc2)Sc2ccccc21. The van der Waals surface area contributed by atoms with Crippen LogP contribution in [0.2, 0.25) is 0 Å². The van der Waals surface area contributed by atoms with Gasteiger partial charge in [0, 0.05) is 22.8 Å². The predicted octanol–water partition coefficient (Wildman–Crippen LogP) is 8.89. The molecule has 4 aromatic carbocycles. The van der Waals surface area contributed by atoms with Crippen LogP contribution in [0.4, 0.5) is 28.4 Å². The van der Waals surface area contributed by atoms with Crippen LogP contribution in [0.3, 0.4) is 0 Å². The summed E-state index contributed by atoms with van der Waals surface area (Å²) in [4.78, 5) is 8.51. The van der Waals surface area contributed by atoms with E-state index in [4.69, 9.17) is 0 Å². The number of hydrogen-bond acceptors (Lipinski definition) is 4. The van der Waals surface area contributed by atoms with Crippen molar-refractivity contribution in [2.24, 2.45) is 0 Å². The van der Waals surface area contributed by atoms with Gasteiger partial charge in [0.1, 0.15) is 6.17 Å². The fourth-order valence-corrected chi connectivity index (χ4v) is 6.21. The van der Waals surface area contributed by atoms with Gasteiger partial charge in [0.25, 0.3) is 0 Å². The van der Waals surface area contributed by atoms with Gasteiger partial charge in [0.2, 0.25) is 0 Å². The van der Waals surface area contributed by atoms with Gasteiger partial charge in [-0.1, -0.05) is 90.7 Å². The molecule has 0 saturated heterocycles. The lowest BCUT2D eigenvalue weighted by atomic mass is 10.2. The molecule has 4 heteroatoms. The Bertz CT molecular complexity index is 1390. The van der Waals surface area contributed by atoms with Gasteiger partial charge in [0.15, 0.2) is 0 Å². The van der Waals surface area contributed by atoms with E-state index in [9.17, 15) is 0 Å². The van der Waals surface area contributed by atoms with Crippen LogP contribution in [0.15, 0.2) is 149 Å². The van der Waals surface area contributed by atoms with Gasteiger partial charge >= 0.3 is 0 Å². The first-order valence-corrected chi connectivity index (χ1v) is 13.5. The quantitative estimate of drug-likeness (QED) is 0.245. The summed E-state index contributed by atoms with van der Waals surface area (Å²) in [7, 11) is 0. The van der Waals surface area contributed by atoms with E-state index < -0.39 is 0 Å². The van der Waals surface area contributed by atoms with Gasteiger partial charge in [-0.15, -0.1) is 0 Å². The number of nitrogens with zero attached hydrogens (tertiary/aromatic N) is 3. The molecule has 6 rings (SSSR count). The lowest BCUT2D eigenvalue weighted by molar-refractivity contribution is 0.833. The number of thioether (sulfide) groups is 1. The fraction of sp³-hybridized carbons (Fsp3) is 0.0909. The van der Waals surface area contributed by atoms with Crippen LogP contribution in [0, 0.1) is 0 Å². The van der Waals surface area contributed by atoms with Crippen molar-refractivity contribution in [3.05, 3.63) is 145 Å². The smallest absolute Gasteiger partial charge is 0.130 e. The average molecular weight is 500 g/mol. The highest BCUT2D eigenvalue weighted by Gasteiger charge is 2.35. The average Bonchev–Trinajstić information content (AvgIpc) is 3.48. The van der Waals surface area contributed by atoms with Gasteiger partial charge in [-0.25, -0.2) is 0 Å². The monoisotopic (exact) mass is 499 g/mol. The molecule has 3 nitrogen and oxygen atoms in total. The Morgan fingerprint density at radius 3 is 1.76 bits per heavy atom. The van der Waals surface area contributed by atoms with Crippen LogP contribution in [-0.2, 0) is 0 Å². The normalized spacial score (nSPS) is 16.4. The zero-order chi connectivity index (χ0) is 25.0. The Labute approximate surface area is 223 Å². The lowest BCUT2D eigenvalue weighted by Gasteiger charge is -2.31. The number of hydrogen-bond donors (Lipinski definition) is 0. The molecule has 2 aliphatic rings. The lowest BCUT2D eigenvalue weighted by Crippen LogP contribution is -2.36. The van der Waals surface area contributed by atoms with Crippen LogP contribution < -0.4 is 14.7 Å². The number of rotatable bonds is 6. The zero-order valence-corrected chi connectivity index (χ0v) is 21.6. The van der Waals surface area contributed by atoms with Crippen LogP contribution in [0.1, 0.15) is 6.92 Å². The third kappa shape index (κ3) is 4.45. The Morgan fingerprint density at radius 2 is 1.16 bits per heavy atom. The largest absolute Gasteiger partial charge is 0.335 e. The van der Waals surface area contributed by atoms with Crippen LogP contribution in [-0.4, -0.2) is 12.7 Å². The summed E-state index contributed by atoms with van der Waals surface area (Å²) >= 11 is 1.83. The second-order valence-corrected chi connectivity index (χ2v) is 9.96. The van der Waals surface area contributed by atoms with E-state index in [2.05, 4.69) is 161 Å². The van der Waals surface area contributed by atoms with Gasteiger partial charge in [-0.05, 0) is 67.6 Å². The number of para-hydroxylation sites is 5. The molecular formula is C33H29N3S. The van der Waals surface area contributed by atoms with Crippen molar-refractivity contribution < 1.29 is 0 Å². The summed E-state index contributed by atoms with van der Waals surface area (Å²) in [6, 6.07) is 38.5. The molecule has 0 spiro atoms. The van der Waals surface area contributed by atoms with Crippen molar-refractivity contribution >= 4 is 40.2 Å². The van der Waals surface area contributed by atoms with Gasteiger partial charge in [0.05, 0.1) is 22.1 Å². The fourth-order valence-electron chi connectivity index (χ4n) is 5.07. The van der Waals surface area contributed by atoms with Crippen molar-refractivity contribution in [1.29, 1.82) is 0 Å². The minimum Gasteiger partial charge on any atom is -0.335 e. The van der Waals surface area contributed by atoms with Crippen molar-refractivity contribution in [2.75, 3.05) is 21.2 Å². The zero-order valence-electron chi connectivity index (χ0n) is 20.8. The highest BCUT2D eigenvalue weighted by atomic mass is 32.2. The molecule has 0 unspecified atom stereocenters. The third-order valence-corrected chi connectivity index (χ3v) is 7.83. The Balaban J connectivity index is 1.32. The topological polar surface area (TPSA) is 9.72 Å². The summed E-state index contributed by atoms with van der Waals surface area (Å²) in [5.41, 5.74) is 6.06. The van der Waals surface area contributed by atoms with E-state index in [0.29, 0.717) is 0 Å². The van der Waals surface area contributed by atoms with E-state index in [1.807, 2.05) is 11.8 Å². The minimum absolute atomic E-state index is 0.0109. The number of fused-ring (bicyclic) bond motifs is 2. The van der Waals surface area contributed by atoms with E-state index in [0.717, 1.165) is 6.54 Å². The molecule has 0 N–H and O–H groups in total. The summed E-state index contributed by atoms with van der Waals surface area (Å²) < 4.78 is 0. The maximum absolute atomic E-state index is 2.41.